The predicted molar refractivity (Wildman–Crippen MR) is 76.2 cm³/mol. The summed E-state index contributed by atoms with van der Waals surface area (Å²) in [6.45, 7) is 3.56. The molecule has 0 bridgehead atoms. The van der Waals surface area contributed by atoms with Crippen LogP contribution in [0.1, 0.15) is 23.6 Å². The normalized spacial score (nSPS) is 11.5. The number of benzene rings is 2. The fourth-order valence-corrected chi connectivity index (χ4v) is 1.72. The third-order valence-electron chi connectivity index (χ3n) is 3.04. The van der Waals surface area contributed by atoms with Crippen LogP contribution in [0.2, 0.25) is 0 Å². The van der Waals surface area contributed by atoms with Crippen LogP contribution in [0.4, 0.5) is 8.78 Å². The molecule has 0 unspecified atom stereocenters. The summed E-state index contributed by atoms with van der Waals surface area (Å²) in [4.78, 5) is 5.12. The van der Waals surface area contributed by atoms with E-state index in [4.69, 9.17) is 4.84 Å². The van der Waals surface area contributed by atoms with Crippen LogP contribution in [0.15, 0.2) is 41.6 Å². The highest BCUT2D eigenvalue weighted by Crippen LogP contribution is 2.18. The molecule has 0 saturated heterocycles. The smallest absolute Gasteiger partial charge is 0.159 e. The van der Waals surface area contributed by atoms with Gasteiger partial charge in [-0.05, 0) is 43.2 Å². The Morgan fingerprint density at radius 3 is 2.57 bits per heavy atom. The number of oxime groups is 1. The minimum absolute atomic E-state index is 0.0341. The Balaban J connectivity index is 2.03. The molecule has 0 saturated carbocycles. The molecule has 0 spiro atoms. The van der Waals surface area contributed by atoms with E-state index in [9.17, 15) is 13.9 Å². The van der Waals surface area contributed by atoms with Crippen LogP contribution in [-0.4, -0.2) is 10.8 Å². The van der Waals surface area contributed by atoms with Gasteiger partial charge in [-0.3, -0.25) is 0 Å². The van der Waals surface area contributed by atoms with E-state index in [2.05, 4.69) is 5.16 Å². The van der Waals surface area contributed by atoms with Crippen LogP contribution < -0.4 is 0 Å². The number of phenols is 1. The molecular formula is C16H15F2NO2. The van der Waals surface area contributed by atoms with Gasteiger partial charge in [0.2, 0.25) is 0 Å². The molecule has 0 radical (unpaired) electrons. The lowest BCUT2D eigenvalue weighted by molar-refractivity contribution is 0.130. The van der Waals surface area contributed by atoms with Crippen molar-refractivity contribution in [1.29, 1.82) is 0 Å². The lowest BCUT2D eigenvalue weighted by Crippen LogP contribution is -1.98. The largest absolute Gasteiger partial charge is 0.508 e. The van der Waals surface area contributed by atoms with E-state index >= 15 is 0 Å². The topological polar surface area (TPSA) is 41.8 Å². The van der Waals surface area contributed by atoms with Crippen molar-refractivity contribution >= 4 is 5.71 Å². The van der Waals surface area contributed by atoms with Crippen LogP contribution in [0.5, 0.6) is 5.75 Å². The summed E-state index contributed by atoms with van der Waals surface area (Å²) in [5.74, 6) is -1.63. The van der Waals surface area contributed by atoms with Gasteiger partial charge in [0.25, 0.3) is 0 Å². The Kier molecular flexibility index (Phi) is 4.52. The molecule has 110 valence electrons. The molecule has 3 nitrogen and oxygen atoms in total. The summed E-state index contributed by atoms with van der Waals surface area (Å²) in [5.41, 5.74) is 2.56. The Hall–Kier alpha value is -2.43. The molecule has 0 aliphatic rings. The molecule has 1 N–H and O–H groups in total. The van der Waals surface area contributed by atoms with Crippen LogP contribution in [0.3, 0.4) is 0 Å². The van der Waals surface area contributed by atoms with Gasteiger partial charge in [0.1, 0.15) is 12.4 Å². The fourth-order valence-electron chi connectivity index (χ4n) is 1.72. The summed E-state index contributed by atoms with van der Waals surface area (Å²) in [5, 5.41) is 13.5. The molecule has 21 heavy (non-hydrogen) atoms. The van der Waals surface area contributed by atoms with E-state index in [0.29, 0.717) is 11.3 Å². The van der Waals surface area contributed by atoms with Crippen molar-refractivity contribution in [3.05, 3.63) is 64.7 Å². The van der Waals surface area contributed by atoms with Crippen molar-refractivity contribution in [3.8, 4) is 5.75 Å². The first-order chi connectivity index (χ1) is 9.97. The number of rotatable bonds is 4. The fraction of sp³-hybridized carbons (Fsp3) is 0.188. The van der Waals surface area contributed by atoms with Gasteiger partial charge in [0, 0.05) is 5.56 Å². The highest BCUT2D eigenvalue weighted by molar-refractivity contribution is 5.98. The molecule has 0 aliphatic heterocycles. The van der Waals surface area contributed by atoms with E-state index in [1.165, 1.54) is 6.07 Å². The summed E-state index contributed by atoms with van der Waals surface area (Å²) >= 11 is 0. The molecule has 0 amide bonds. The maximum Gasteiger partial charge on any atom is 0.159 e. The Bertz CT molecular complexity index is 684. The standard InChI is InChI=1S/C16H15F2NO2/c1-10-3-5-13(8-16(10)20)11(2)19-21-9-12-4-6-14(17)15(18)7-12/h3-8,20H,9H2,1-2H3/b19-11+. The van der Waals surface area contributed by atoms with Crippen molar-refractivity contribution in [3.63, 3.8) is 0 Å². The lowest BCUT2D eigenvalue weighted by Gasteiger charge is -2.05. The van der Waals surface area contributed by atoms with Gasteiger partial charge >= 0.3 is 0 Å². The van der Waals surface area contributed by atoms with Gasteiger partial charge in [-0.2, -0.15) is 0 Å². The van der Waals surface area contributed by atoms with Gasteiger partial charge in [-0.1, -0.05) is 23.4 Å². The molecule has 0 fully saturated rings. The molecular weight excluding hydrogens is 276 g/mol. The quantitative estimate of drug-likeness (QED) is 0.685. The minimum atomic E-state index is -0.916. The third kappa shape index (κ3) is 3.78. The summed E-state index contributed by atoms with van der Waals surface area (Å²) in [6, 6.07) is 8.73. The second-order valence-corrected chi connectivity index (χ2v) is 4.70. The number of aromatic hydroxyl groups is 1. The highest BCUT2D eigenvalue weighted by Gasteiger charge is 2.04. The van der Waals surface area contributed by atoms with Crippen LogP contribution in [0.25, 0.3) is 0 Å². The molecule has 5 heteroatoms. The first-order valence-electron chi connectivity index (χ1n) is 6.38. The van der Waals surface area contributed by atoms with Crippen molar-refractivity contribution in [2.75, 3.05) is 0 Å². The zero-order valence-electron chi connectivity index (χ0n) is 11.7. The van der Waals surface area contributed by atoms with E-state index in [1.807, 2.05) is 6.07 Å². The number of nitrogens with zero attached hydrogens (tertiary/aromatic N) is 1. The SMILES string of the molecule is C/C(=N\OCc1ccc(F)c(F)c1)c1ccc(C)c(O)c1. The average molecular weight is 291 g/mol. The number of aryl methyl sites for hydroxylation is 1. The second-order valence-electron chi connectivity index (χ2n) is 4.70. The number of hydrogen-bond donors (Lipinski definition) is 1. The first-order valence-corrected chi connectivity index (χ1v) is 6.38. The molecule has 0 aromatic heterocycles. The van der Waals surface area contributed by atoms with E-state index < -0.39 is 11.6 Å². The summed E-state index contributed by atoms with van der Waals surface area (Å²) in [7, 11) is 0. The predicted octanol–water partition coefficient (Wildman–Crippen LogP) is 3.92. The molecule has 0 heterocycles. The maximum atomic E-state index is 13.0. The minimum Gasteiger partial charge on any atom is -0.508 e. The first kappa shape index (κ1) is 15.0. The number of phenolic OH excluding ortho intramolecular Hbond substituents is 1. The van der Waals surface area contributed by atoms with E-state index in [1.54, 1.807) is 26.0 Å². The molecule has 2 aromatic rings. The Morgan fingerprint density at radius 2 is 1.90 bits per heavy atom. The molecule has 0 atom stereocenters. The van der Waals surface area contributed by atoms with Crippen molar-refractivity contribution in [2.45, 2.75) is 20.5 Å². The van der Waals surface area contributed by atoms with Crippen molar-refractivity contribution in [2.24, 2.45) is 5.16 Å². The summed E-state index contributed by atoms with van der Waals surface area (Å²) in [6.07, 6.45) is 0. The van der Waals surface area contributed by atoms with Gasteiger partial charge in [-0.15, -0.1) is 0 Å². The molecule has 2 rings (SSSR count). The third-order valence-corrected chi connectivity index (χ3v) is 3.04. The van der Waals surface area contributed by atoms with E-state index in [0.717, 1.165) is 23.3 Å². The van der Waals surface area contributed by atoms with Gasteiger partial charge in [0.15, 0.2) is 11.6 Å². The average Bonchev–Trinajstić information content (AvgIpc) is 2.45. The zero-order chi connectivity index (χ0) is 15.4. The van der Waals surface area contributed by atoms with E-state index in [-0.39, 0.29) is 12.4 Å². The van der Waals surface area contributed by atoms with Gasteiger partial charge in [0.05, 0.1) is 5.71 Å². The lowest BCUT2D eigenvalue weighted by atomic mass is 10.1. The van der Waals surface area contributed by atoms with Crippen LogP contribution in [-0.2, 0) is 11.4 Å². The van der Waals surface area contributed by atoms with Crippen molar-refractivity contribution < 1.29 is 18.7 Å². The highest BCUT2D eigenvalue weighted by atomic mass is 19.2. The summed E-state index contributed by atoms with van der Waals surface area (Å²) < 4.78 is 25.8. The number of halogens is 2. The second kappa shape index (κ2) is 6.35. The number of hydrogen-bond acceptors (Lipinski definition) is 3. The van der Waals surface area contributed by atoms with Gasteiger partial charge in [-0.25, -0.2) is 8.78 Å². The molecule has 0 aliphatic carbocycles. The van der Waals surface area contributed by atoms with Crippen molar-refractivity contribution in [1.82, 2.24) is 0 Å². The van der Waals surface area contributed by atoms with Crippen LogP contribution >= 0.6 is 0 Å². The Labute approximate surface area is 121 Å². The Morgan fingerprint density at radius 1 is 1.14 bits per heavy atom. The maximum absolute atomic E-state index is 13.0. The molecule has 2 aromatic carbocycles. The van der Waals surface area contributed by atoms with Crippen LogP contribution in [0, 0.1) is 18.6 Å². The monoisotopic (exact) mass is 291 g/mol. The zero-order valence-corrected chi connectivity index (χ0v) is 11.7. The van der Waals surface area contributed by atoms with Gasteiger partial charge < -0.3 is 9.94 Å².